The number of nitrogens with zero attached hydrogens (tertiary/aromatic N) is 2. The van der Waals surface area contributed by atoms with Crippen molar-refractivity contribution in [2.24, 2.45) is 10.9 Å². The van der Waals surface area contributed by atoms with Crippen molar-refractivity contribution < 1.29 is 14.3 Å². The molecule has 1 unspecified atom stereocenters. The fourth-order valence-corrected chi connectivity index (χ4v) is 5.47. The third-order valence-corrected chi connectivity index (χ3v) is 7.63. The molecule has 0 spiro atoms. The van der Waals surface area contributed by atoms with Crippen LogP contribution in [0.4, 0.5) is 0 Å². The van der Waals surface area contributed by atoms with Gasteiger partial charge in [0, 0.05) is 10.5 Å². The summed E-state index contributed by atoms with van der Waals surface area (Å²) in [4.78, 5) is 33.2. The van der Waals surface area contributed by atoms with Gasteiger partial charge in [0.25, 0.3) is 5.56 Å². The lowest BCUT2D eigenvalue weighted by Crippen LogP contribution is -2.40. The normalized spacial score (nSPS) is 15.7. The minimum Gasteiger partial charge on any atom is -0.496 e. The first-order valence-corrected chi connectivity index (χ1v) is 14.0. The van der Waals surface area contributed by atoms with E-state index in [1.807, 2.05) is 80.8 Å². The molecule has 0 bridgehead atoms. The van der Waals surface area contributed by atoms with Crippen molar-refractivity contribution >= 4 is 41.2 Å². The largest absolute Gasteiger partial charge is 0.496 e. The summed E-state index contributed by atoms with van der Waals surface area (Å²) in [7, 11) is 1.63. The van der Waals surface area contributed by atoms with Gasteiger partial charge in [-0.15, -0.1) is 11.8 Å². The van der Waals surface area contributed by atoms with Gasteiger partial charge >= 0.3 is 5.97 Å². The van der Waals surface area contributed by atoms with Gasteiger partial charge in [0.1, 0.15) is 5.75 Å². The molecule has 2 heterocycles. The maximum atomic E-state index is 13.7. The number of thiazole rings is 1. The Labute approximate surface area is 224 Å². The first kappa shape index (κ1) is 26.7. The molecule has 0 aliphatic carbocycles. The van der Waals surface area contributed by atoms with E-state index in [0.29, 0.717) is 27.2 Å². The molecule has 37 heavy (non-hydrogen) atoms. The molecule has 192 valence electrons. The Hall–Kier alpha value is -3.36. The molecule has 1 aliphatic heterocycles. The number of methoxy groups -OCH3 is 1. The van der Waals surface area contributed by atoms with E-state index in [0.717, 1.165) is 21.8 Å². The zero-order chi connectivity index (χ0) is 26.5. The number of allylic oxidation sites excluding steroid dienone is 2. The van der Waals surface area contributed by atoms with Gasteiger partial charge in [-0.25, -0.2) is 9.79 Å². The summed E-state index contributed by atoms with van der Waals surface area (Å²) in [5, 5.41) is 0. The third-order valence-electron chi connectivity index (χ3n) is 5.88. The lowest BCUT2D eigenvalue weighted by molar-refractivity contribution is -0.140. The van der Waals surface area contributed by atoms with Crippen LogP contribution in [0.5, 0.6) is 5.75 Å². The second-order valence-electron chi connectivity index (χ2n) is 8.97. The standard InChI is InChI=1S/C29H30N2O4S2/c1-18(2)17-35-28(33)25-19(3)30-29-31(26(25)21-13-15-22(36-5)16-14-21)27(32)24(37-29)12-8-10-20-9-6-7-11-23(20)34-4/h6-16,18,26H,17H2,1-5H3. The van der Waals surface area contributed by atoms with E-state index in [1.165, 1.54) is 11.3 Å². The molecule has 0 N–H and O–H groups in total. The predicted molar refractivity (Wildman–Crippen MR) is 151 cm³/mol. The number of carbonyl (C=O) groups excluding carboxylic acids is 1. The van der Waals surface area contributed by atoms with Crippen LogP contribution in [0.1, 0.15) is 37.9 Å². The number of carbonyl (C=O) groups is 1. The smallest absolute Gasteiger partial charge is 0.338 e. The van der Waals surface area contributed by atoms with Crippen LogP contribution in [0.15, 0.2) is 80.6 Å². The molecule has 2 aromatic carbocycles. The molecule has 6 nitrogen and oxygen atoms in total. The minimum absolute atomic E-state index is 0.195. The first-order chi connectivity index (χ1) is 17.8. The number of ether oxygens (including phenoxy) is 2. The molecule has 1 aliphatic rings. The molecule has 0 fully saturated rings. The Bertz CT molecular complexity index is 1530. The van der Waals surface area contributed by atoms with E-state index in [4.69, 9.17) is 9.47 Å². The van der Waals surface area contributed by atoms with Gasteiger partial charge in [0.2, 0.25) is 0 Å². The van der Waals surface area contributed by atoms with Crippen LogP contribution in [0.2, 0.25) is 0 Å². The van der Waals surface area contributed by atoms with E-state index in [1.54, 1.807) is 36.4 Å². The summed E-state index contributed by atoms with van der Waals surface area (Å²) < 4.78 is 13.1. The predicted octanol–water partition coefficient (Wildman–Crippen LogP) is 4.83. The Balaban J connectivity index is 1.81. The van der Waals surface area contributed by atoms with Gasteiger partial charge in [0.15, 0.2) is 4.80 Å². The fraction of sp³-hybridized carbons (Fsp3) is 0.276. The summed E-state index contributed by atoms with van der Waals surface area (Å²) in [5.74, 6) is 0.502. The monoisotopic (exact) mass is 534 g/mol. The molecule has 8 heteroatoms. The first-order valence-electron chi connectivity index (χ1n) is 12.0. The third kappa shape index (κ3) is 5.81. The van der Waals surface area contributed by atoms with E-state index in [9.17, 15) is 9.59 Å². The number of benzene rings is 2. The van der Waals surface area contributed by atoms with Gasteiger partial charge in [-0.2, -0.15) is 0 Å². The summed E-state index contributed by atoms with van der Waals surface area (Å²) in [5.41, 5.74) is 2.49. The second kappa shape index (κ2) is 11.8. The van der Waals surface area contributed by atoms with Gasteiger partial charge in [-0.05, 0) is 48.9 Å². The van der Waals surface area contributed by atoms with Crippen LogP contribution >= 0.6 is 23.1 Å². The highest BCUT2D eigenvalue weighted by molar-refractivity contribution is 7.98. The van der Waals surface area contributed by atoms with Crippen LogP contribution < -0.4 is 19.6 Å². The Morgan fingerprint density at radius 1 is 1.19 bits per heavy atom. The Morgan fingerprint density at radius 3 is 2.59 bits per heavy atom. The fourth-order valence-electron chi connectivity index (χ4n) is 4.06. The number of esters is 1. The Morgan fingerprint density at radius 2 is 1.92 bits per heavy atom. The molecule has 0 saturated heterocycles. The summed E-state index contributed by atoms with van der Waals surface area (Å²) >= 11 is 2.94. The van der Waals surface area contributed by atoms with Crippen LogP contribution in [0.25, 0.3) is 12.2 Å². The van der Waals surface area contributed by atoms with E-state index in [-0.39, 0.29) is 11.5 Å². The summed E-state index contributed by atoms with van der Waals surface area (Å²) in [6.45, 7) is 6.07. The van der Waals surface area contributed by atoms with Gasteiger partial charge < -0.3 is 9.47 Å². The van der Waals surface area contributed by atoms with Crippen LogP contribution in [0, 0.1) is 5.92 Å². The number of para-hydroxylation sites is 1. The molecule has 3 aromatic rings. The number of fused-ring (bicyclic) bond motifs is 1. The number of rotatable bonds is 8. The quantitative estimate of drug-likeness (QED) is 0.306. The van der Waals surface area contributed by atoms with E-state index < -0.39 is 12.0 Å². The van der Waals surface area contributed by atoms with Gasteiger partial charge in [0.05, 0.1) is 35.6 Å². The average molecular weight is 535 g/mol. The molecule has 1 aromatic heterocycles. The van der Waals surface area contributed by atoms with Crippen molar-refractivity contribution in [1.29, 1.82) is 0 Å². The number of hydrogen-bond donors (Lipinski definition) is 0. The van der Waals surface area contributed by atoms with Crippen LogP contribution in [0.3, 0.4) is 0 Å². The molecule has 0 amide bonds. The van der Waals surface area contributed by atoms with E-state index in [2.05, 4.69) is 4.99 Å². The summed E-state index contributed by atoms with van der Waals surface area (Å²) in [6.07, 6.45) is 7.52. The SMILES string of the molecule is COc1ccccc1C=CC=c1sc2n(c1=O)C(c1ccc(SC)cc1)C(C(=O)OCC(C)C)=C(C)N=2. The van der Waals surface area contributed by atoms with Crippen LogP contribution in [-0.2, 0) is 9.53 Å². The lowest BCUT2D eigenvalue weighted by Gasteiger charge is -2.25. The van der Waals surface area contributed by atoms with Crippen molar-refractivity contribution in [3.05, 3.63) is 96.7 Å². The zero-order valence-corrected chi connectivity index (χ0v) is 23.2. The van der Waals surface area contributed by atoms with Gasteiger partial charge in [-0.1, -0.05) is 67.7 Å². The Kier molecular flexibility index (Phi) is 8.51. The highest BCUT2D eigenvalue weighted by Gasteiger charge is 2.33. The van der Waals surface area contributed by atoms with Crippen molar-refractivity contribution in [3.63, 3.8) is 0 Å². The van der Waals surface area contributed by atoms with Crippen molar-refractivity contribution in [2.45, 2.75) is 31.7 Å². The molecule has 0 saturated carbocycles. The molecule has 4 rings (SSSR count). The molecule has 0 radical (unpaired) electrons. The average Bonchev–Trinajstić information content (AvgIpc) is 3.21. The lowest BCUT2D eigenvalue weighted by atomic mass is 9.96. The molecule has 1 atom stereocenters. The van der Waals surface area contributed by atoms with Crippen LogP contribution in [-0.4, -0.2) is 30.5 Å². The zero-order valence-electron chi connectivity index (χ0n) is 21.6. The van der Waals surface area contributed by atoms with E-state index >= 15 is 0 Å². The number of hydrogen-bond acceptors (Lipinski definition) is 7. The van der Waals surface area contributed by atoms with Crippen molar-refractivity contribution in [1.82, 2.24) is 4.57 Å². The second-order valence-corrected chi connectivity index (χ2v) is 10.9. The topological polar surface area (TPSA) is 69.9 Å². The maximum Gasteiger partial charge on any atom is 0.338 e. The maximum absolute atomic E-state index is 13.7. The number of thioether (sulfide) groups is 1. The molecular formula is C29H30N2O4S2. The summed E-state index contributed by atoms with van der Waals surface area (Å²) in [6, 6.07) is 15.0. The van der Waals surface area contributed by atoms with Gasteiger partial charge in [-0.3, -0.25) is 9.36 Å². The highest BCUT2D eigenvalue weighted by atomic mass is 32.2. The highest BCUT2D eigenvalue weighted by Crippen LogP contribution is 2.31. The minimum atomic E-state index is -0.618. The van der Waals surface area contributed by atoms with Crippen molar-refractivity contribution in [3.8, 4) is 5.75 Å². The van der Waals surface area contributed by atoms with Crippen molar-refractivity contribution in [2.75, 3.05) is 20.0 Å². The molecular weight excluding hydrogens is 504 g/mol. The number of aromatic nitrogens is 1.